The zero-order chi connectivity index (χ0) is 22.4. The summed E-state index contributed by atoms with van der Waals surface area (Å²) in [5, 5.41) is 3.97. The smallest absolute Gasteiger partial charge is 0.343 e. The Morgan fingerprint density at radius 1 is 1.06 bits per heavy atom. The summed E-state index contributed by atoms with van der Waals surface area (Å²) in [6, 6.07) is 13.8. The highest BCUT2D eigenvalue weighted by Gasteiger charge is 2.16. The lowest BCUT2D eigenvalue weighted by atomic mass is 10.1. The lowest BCUT2D eigenvalue weighted by Gasteiger charge is -2.12. The number of ether oxygens (including phenoxy) is 2. The number of carbonyl (C=O) groups excluding carboxylic acids is 2. The van der Waals surface area contributed by atoms with Gasteiger partial charge in [0.15, 0.2) is 11.5 Å². The normalized spacial score (nSPS) is 10.7. The Balaban J connectivity index is 1.73. The molecule has 0 fully saturated rings. The summed E-state index contributed by atoms with van der Waals surface area (Å²) in [5.74, 6) is -0.289. The van der Waals surface area contributed by atoms with Crippen LogP contribution in [0.15, 0.2) is 64.3 Å². The van der Waals surface area contributed by atoms with Gasteiger partial charge in [-0.15, -0.1) is 0 Å². The molecule has 3 aromatic rings. The predicted octanol–water partition coefficient (Wildman–Crippen LogP) is 4.45. The second-order valence-electron chi connectivity index (χ2n) is 6.68. The minimum Gasteiger partial charge on any atom is -0.493 e. The van der Waals surface area contributed by atoms with Crippen LogP contribution in [0.3, 0.4) is 0 Å². The third kappa shape index (κ3) is 5.76. The maximum absolute atomic E-state index is 12.5. The molecule has 1 N–H and O–H groups in total. The maximum Gasteiger partial charge on any atom is 0.343 e. The first kappa shape index (κ1) is 22.2. The van der Waals surface area contributed by atoms with Crippen molar-refractivity contribution < 1.29 is 19.1 Å². The van der Waals surface area contributed by atoms with Crippen LogP contribution in [0, 0.1) is 13.8 Å². The molecule has 0 spiro atoms. The molecule has 0 saturated heterocycles. The number of hydrazone groups is 1. The molecule has 0 aliphatic rings. The average Bonchev–Trinajstić information content (AvgIpc) is 2.76. The van der Waals surface area contributed by atoms with Crippen molar-refractivity contribution in [2.75, 3.05) is 7.11 Å². The molecule has 8 heteroatoms. The van der Waals surface area contributed by atoms with Crippen LogP contribution in [0.5, 0.6) is 11.5 Å². The number of hydrogen-bond donors (Lipinski definition) is 1. The number of halogens is 1. The van der Waals surface area contributed by atoms with Crippen LogP contribution in [-0.2, 0) is 0 Å². The Labute approximate surface area is 188 Å². The van der Waals surface area contributed by atoms with Gasteiger partial charge < -0.3 is 9.47 Å². The molecule has 1 aromatic heterocycles. The van der Waals surface area contributed by atoms with Gasteiger partial charge in [-0.3, -0.25) is 9.78 Å². The molecule has 1 amide bonds. The number of nitrogens with one attached hydrogen (secondary N) is 1. The largest absolute Gasteiger partial charge is 0.493 e. The third-order valence-electron chi connectivity index (χ3n) is 4.29. The number of hydrogen-bond acceptors (Lipinski definition) is 6. The van der Waals surface area contributed by atoms with Gasteiger partial charge in [0.05, 0.1) is 28.9 Å². The fourth-order valence-electron chi connectivity index (χ4n) is 2.59. The van der Waals surface area contributed by atoms with Crippen LogP contribution in [0.4, 0.5) is 0 Å². The summed E-state index contributed by atoms with van der Waals surface area (Å²) in [4.78, 5) is 28.7. The van der Waals surface area contributed by atoms with Crippen LogP contribution < -0.4 is 14.9 Å². The lowest BCUT2D eigenvalue weighted by Crippen LogP contribution is -2.17. The highest BCUT2D eigenvalue weighted by molar-refractivity contribution is 9.10. The standard InChI is InChI=1S/C23H20BrN3O4/c1-14-4-7-17(8-5-14)23(29)31-21-19(24)10-16(11-20(21)30-3)12-26-27-22(28)18-9-6-15(2)25-13-18/h4-13H,1-3H3,(H,27,28). The summed E-state index contributed by atoms with van der Waals surface area (Å²) in [5.41, 5.74) is 5.77. The fourth-order valence-corrected chi connectivity index (χ4v) is 3.13. The van der Waals surface area contributed by atoms with Gasteiger partial charge in [-0.05, 0) is 71.7 Å². The van der Waals surface area contributed by atoms with Gasteiger partial charge in [0.25, 0.3) is 5.91 Å². The van der Waals surface area contributed by atoms with Crippen LogP contribution in [0.2, 0.25) is 0 Å². The van der Waals surface area contributed by atoms with E-state index in [4.69, 9.17) is 9.47 Å². The fraction of sp³-hybridized carbons (Fsp3) is 0.130. The topological polar surface area (TPSA) is 89.9 Å². The van der Waals surface area contributed by atoms with Gasteiger partial charge in [-0.1, -0.05) is 17.7 Å². The molecule has 0 aliphatic heterocycles. The van der Waals surface area contributed by atoms with Gasteiger partial charge in [-0.25, -0.2) is 10.2 Å². The van der Waals surface area contributed by atoms with E-state index in [1.165, 1.54) is 19.5 Å². The van der Waals surface area contributed by atoms with Crippen molar-refractivity contribution in [3.05, 3.63) is 87.1 Å². The summed E-state index contributed by atoms with van der Waals surface area (Å²) in [6.07, 6.45) is 2.94. The van der Waals surface area contributed by atoms with Crippen LogP contribution in [-0.4, -0.2) is 30.2 Å². The molecule has 7 nitrogen and oxygen atoms in total. The van der Waals surface area contributed by atoms with Crippen molar-refractivity contribution in [2.45, 2.75) is 13.8 Å². The second-order valence-corrected chi connectivity index (χ2v) is 7.53. The van der Waals surface area contributed by atoms with Gasteiger partial charge >= 0.3 is 5.97 Å². The Morgan fingerprint density at radius 3 is 2.42 bits per heavy atom. The number of nitrogens with zero attached hydrogens (tertiary/aromatic N) is 2. The summed E-state index contributed by atoms with van der Waals surface area (Å²) < 4.78 is 11.4. The Morgan fingerprint density at radius 2 is 1.77 bits per heavy atom. The van der Waals surface area contributed by atoms with Crippen molar-refractivity contribution in [3.8, 4) is 11.5 Å². The molecule has 158 valence electrons. The molecule has 0 atom stereocenters. The molecule has 0 bridgehead atoms. The molecule has 31 heavy (non-hydrogen) atoms. The van der Waals surface area contributed by atoms with E-state index in [0.717, 1.165) is 11.3 Å². The first-order chi connectivity index (χ1) is 14.9. The zero-order valence-corrected chi connectivity index (χ0v) is 18.8. The zero-order valence-electron chi connectivity index (χ0n) is 17.2. The lowest BCUT2D eigenvalue weighted by molar-refractivity contribution is 0.0728. The van der Waals surface area contributed by atoms with E-state index >= 15 is 0 Å². The maximum atomic E-state index is 12.5. The number of aromatic nitrogens is 1. The predicted molar refractivity (Wildman–Crippen MR) is 121 cm³/mol. The average molecular weight is 482 g/mol. The van der Waals surface area contributed by atoms with E-state index in [2.05, 4.69) is 31.4 Å². The van der Waals surface area contributed by atoms with Crippen molar-refractivity contribution in [1.82, 2.24) is 10.4 Å². The Bertz CT molecular complexity index is 1130. The molecule has 0 saturated carbocycles. The SMILES string of the molecule is COc1cc(C=NNC(=O)c2ccc(C)nc2)cc(Br)c1OC(=O)c1ccc(C)cc1. The van der Waals surface area contributed by atoms with E-state index in [9.17, 15) is 9.59 Å². The molecule has 3 rings (SSSR count). The van der Waals surface area contributed by atoms with Crippen LogP contribution in [0.25, 0.3) is 0 Å². The second kappa shape index (κ2) is 9.99. The first-order valence-electron chi connectivity index (χ1n) is 9.30. The molecule has 0 unspecified atom stereocenters. The molecule has 1 heterocycles. The highest BCUT2D eigenvalue weighted by Crippen LogP contribution is 2.36. The van der Waals surface area contributed by atoms with E-state index in [0.29, 0.717) is 26.9 Å². The molecular formula is C23H20BrN3O4. The number of amides is 1. The Kier molecular flexibility index (Phi) is 7.15. The Hall–Kier alpha value is -3.52. The van der Waals surface area contributed by atoms with E-state index in [1.807, 2.05) is 26.0 Å². The van der Waals surface area contributed by atoms with Crippen molar-refractivity contribution in [2.24, 2.45) is 5.10 Å². The molecule has 2 aromatic carbocycles. The third-order valence-corrected chi connectivity index (χ3v) is 4.88. The summed E-state index contributed by atoms with van der Waals surface area (Å²) >= 11 is 3.40. The van der Waals surface area contributed by atoms with Gasteiger partial charge in [0, 0.05) is 11.9 Å². The number of aryl methyl sites for hydroxylation is 2. The number of carbonyl (C=O) groups is 2. The van der Waals surface area contributed by atoms with E-state index in [-0.39, 0.29) is 11.7 Å². The number of benzene rings is 2. The number of rotatable bonds is 6. The van der Waals surface area contributed by atoms with Gasteiger partial charge in [0.1, 0.15) is 0 Å². The van der Waals surface area contributed by atoms with Crippen LogP contribution in [0.1, 0.15) is 37.5 Å². The minimum absolute atomic E-state index is 0.250. The highest BCUT2D eigenvalue weighted by atomic mass is 79.9. The number of esters is 1. The monoisotopic (exact) mass is 481 g/mol. The summed E-state index contributed by atoms with van der Waals surface area (Å²) in [7, 11) is 1.47. The molecule has 0 aliphatic carbocycles. The minimum atomic E-state index is -0.501. The molecule has 0 radical (unpaired) electrons. The molecular weight excluding hydrogens is 462 g/mol. The van der Waals surface area contributed by atoms with Crippen molar-refractivity contribution in [3.63, 3.8) is 0 Å². The van der Waals surface area contributed by atoms with Crippen LogP contribution >= 0.6 is 15.9 Å². The van der Waals surface area contributed by atoms with E-state index in [1.54, 1.807) is 36.4 Å². The van der Waals surface area contributed by atoms with Gasteiger partial charge in [0.2, 0.25) is 0 Å². The summed E-state index contributed by atoms with van der Waals surface area (Å²) in [6.45, 7) is 3.78. The number of pyridine rings is 1. The van der Waals surface area contributed by atoms with Crippen molar-refractivity contribution in [1.29, 1.82) is 0 Å². The van der Waals surface area contributed by atoms with E-state index < -0.39 is 5.97 Å². The first-order valence-corrected chi connectivity index (χ1v) is 10.1. The number of methoxy groups -OCH3 is 1. The van der Waals surface area contributed by atoms with Crippen molar-refractivity contribution >= 4 is 34.0 Å². The van der Waals surface area contributed by atoms with Gasteiger partial charge in [-0.2, -0.15) is 5.10 Å². The quantitative estimate of drug-likeness (QED) is 0.243.